The Kier molecular flexibility index (Phi) is 5.13. The van der Waals surface area contributed by atoms with Gasteiger partial charge in [-0.25, -0.2) is 0 Å². The topological polar surface area (TPSA) is 43.4 Å². The zero-order valence-electron chi connectivity index (χ0n) is 10.5. The fourth-order valence-corrected chi connectivity index (χ4v) is 1.77. The Hall–Kier alpha value is -1.38. The van der Waals surface area contributed by atoms with E-state index in [1.54, 1.807) is 6.92 Å². The molecule has 0 saturated carbocycles. The van der Waals surface area contributed by atoms with Crippen LogP contribution in [0.1, 0.15) is 33.1 Å². The second-order valence-electron chi connectivity index (χ2n) is 4.63. The van der Waals surface area contributed by atoms with Gasteiger partial charge in [-0.2, -0.15) is 0 Å². The minimum absolute atomic E-state index is 0.296. The highest BCUT2D eigenvalue weighted by Crippen LogP contribution is 2.26. The summed E-state index contributed by atoms with van der Waals surface area (Å²) in [5, 5.41) is 0. The van der Waals surface area contributed by atoms with Crippen LogP contribution in [-0.4, -0.2) is 11.9 Å². The van der Waals surface area contributed by atoms with E-state index in [4.69, 9.17) is 0 Å². The Morgan fingerprint density at radius 1 is 1.35 bits per heavy atom. The van der Waals surface area contributed by atoms with Crippen molar-refractivity contribution in [1.29, 1.82) is 0 Å². The van der Waals surface area contributed by atoms with Gasteiger partial charge in [0.1, 0.15) is 0 Å². The van der Waals surface area contributed by atoms with E-state index >= 15 is 0 Å². The molecule has 0 amide bonds. The van der Waals surface area contributed by atoms with Crippen LogP contribution < -0.4 is 0 Å². The van der Waals surface area contributed by atoms with E-state index < -0.39 is 5.97 Å². The normalized spacial score (nSPS) is 26.2. The molecule has 17 heavy (non-hydrogen) atoms. The van der Waals surface area contributed by atoms with E-state index in [-0.39, 0.29) is 17.8 Å². The Balaban J connectivity index is 2.30. The minimum Gasteiger partial charge on any atom is -0.393 e. The van der Waals surface area contributed by atoms with E-state index in [1.807, 2.05) is 12.2 Å². The van der Waals surface area contributed by atoms with Crippen molar-refractivity contribution >= 4 is 11.9 Å². The molecule has 3 heteroatoms. The molecule has 0 bridgehead atoms. The third-order valence-corrected chi connectivity index (χ3v) is 3.23. The standard InChI is InChI=1S/C14H20O3/c1-4-10(2)8-6-5-7-9-12-11(3)13(15)17-14(12)16/h4-5,7,10-12H,1,6,8-9H2,2-3H3. The lowest BCUT2D eigenvalue weighted by Crippen LogP contribution is -2.13. The molecule has 3 nitrogen and oxygen atoms in total. The summed E-state index contributed by atoms with van der Waals surface area (Å²) in [6, 6.07) is 0. The zero-order valence-corrected chi connectivity index (χ0v) is 10.5. The number of cyclic esters (lactones) is 2. The van der Waals surface area contributed by atoms with Gasteiger partial charge in [-0.3, -0.25) is 9.59 Å². The molecule has 0 aromatic heterocycles. The van der Waals surface area contributed by atoms with Gasteiger partial charge in [-0.15, -0.1) is 6.58 Å². The summed E-state index contributed by atoms with van der Waals surface area (Å²) < 4.78 is 4.57. The van der Waals surface area contributed by atoms with Crippen LogP contribution in [0.4, 0.5) is 0 Å². The monoisotopic (exact) mass is 236 g/mol. The highest BCUT2D eigenvalue weighted by Gasteiger charge is 2.40. The predicted molar refractivity (Wildman–Crippen MR) is 66.1 cm³/mol. The van der Waals surface area contributed by atoms with Crippen molar-refractivity contribution in [3.8, 4) is 0 Å². The third-order valence-electron chi connectivity index (χ3n) is 3.23. The molecule has 1 fully saturated rings. The number of carbonyl (C=O) groups excluding carboxylic acids is 2. The Morgan fingerprint density at radius 2 is 2.06 bits per heavy atom. The molecule has 3 unspecified atom stereocenters. The Labute approximate surface area is 103 Å². The number of esters is 2. The second kappa shape index (κ2) is 6.38. The average molecular weight is 236 g/mol. The molecule has 1 aliphatic heterocycles. The van der Waals surface area contributed by atoms with Crippen molar-refractivity contribution in [3.05, 3.63) is 24.8 Å². The zero-order chi connectivity index (χ0) is 12.8. The number of rotatable bonds is 6. The maximum Gasteiger partial charge on any atom is 0.317 e. The van der Waals surface area contributed by atoms with Gasteiger partial charge in [0.25, 0.3) is 0 Å². The van der Waals surface area contributed by atoms with Crippen LogP contribution >= 0.6 is 0 Å². The van der Waals surface area contributed by atoms with Crippen LogP contribution in [-0.2, 0) is 14.3 Å². The van der Waals surface area contributed by atoms with Gasteiger partial charge in [0.2, 0.25) is 0 Å². The first-order valence-electron chi connectivity index (χ1n) is 6.09. The van der Waals surface area contributed by atoms with Gasteiger partial charge in [0.05, 0.1) is 11.8 Å². The summed E-state index contributed by atoms with van der Waals surface area (Å²) in [6.45, 7) is 7.59. The first kappa shape index (κ1) is 13.7. The summed E-state index contributed by atoms with van der Waals surface area (Å²) in [4.78, 5) is 22.5. The van der Waals surface area contributed by atoms with E-state index in [2.05, 4.69) is 24.3 Å². The molecule has 1 heterocycles. The van der Waals surface area contributed by atoms with Crippen LogP contribution in [0.3, 0.4) is 0 Å². The summed E-state index contributed by atoms with van der Waals surface area (Å²) >= 11 is 0. The molecule has 1 aliphatic rings. The fraction of sp³-hybridized carbons (Fsp3) is 0.571. The lowest BCUT2D eigenvalue weighted by Gasteiger charge is -2.05. The smallest absolute Gasteiger partial charge is 0.317 e. The molecule has 1 rings (SSSR count). The second-order valence-corrected chi connectivity index (χ2v) is 4.63. The molecular weight excluding hydrogens is 216 g/mol. The molecule has 94 valence electrons. The van der Waals surface area contributed by atoms with Crippen molar-refractivity contribution in [2.45, 2.75) is 33.1 Å². The number of carbonyl (C=O) groups is 2. The summed E-state index contributed by atoms with van der Waals surface area (Å²) in [5.41, 5.74) is 0. The summed E-state index contributed by atoms with van der Waals surface area (Å²) in [7, 11) is 0. The van der Waals surface area contributed by atoms with E-state index in [0.29, 0.717) is 12.3 Å². The predicted octanol–water partition coefficient (Wildman–Crippen LogP) is 2.87. The van der Waals surface area contributed by atoms with Gasteiger partial charge in [0.15, 0.2) is 0 Å². The van der Waals surface area contributed by atoms with Crippen LogP contribution in [0, 0.1) is 17.8 Å². The molecule has 0 aliphatic carbocycles. The minimum atomic E-state index is -0.395. The molecule has 0 N–H and O–H groups in total. The number of hydrogen-bond acceptors (Lipinski definition) is 3. The summed E-state index contributed by atoms with van der Waals surface area (Å²) in [5.74, 6) is -0.869. The molecule has 0 aromatic carbocycles. The molecule has 3 atom stereocenters. The quantitative estimate of drug-likeness (QED) is 0.404. The van der Waals surface area contributed by atoms with Crippen molar-refractivity contribution in [1.82, 2.24) is 0 Å². The van der Waals surface area contributed by atoms with Gasteiger partial charge in [-0.05, 0) is 25.2 Å². The lowest BCUT2D eigenvalue weighted by atomic mass is 9.93. The van der Waals surface area contributed by atoms with Crippen LogP contribution in [0.5, 0.6) is 0 Å². The number of ether oxygens (including phenoxy) is 1. The first-order chi connectivity index (χ1) is 8.06. The van der Waals surface area contributed by atoms with Gasteiger partial charge in [-0.1, -0.05) is 32.1 Å². The van der Waals surface area contributed by atoms with Crippen LogP contribution in [0.25, 0.3) is 0 Å². The SMILES string of the molecule is C=CC(C)CCC=CCC1C(=O)OC(=O)C1C. The van der Waals surface area contributed by atoms with Crippen molar-refractivity contribution in [2.75, 3.05) is 0 Å². The molecule has 0 radical (unpaired) electrons. The fourth-order valence-electron chi connectivity index (χ4n) is 1.77. The van der Waals surface area contributed by atoms with E-state index in [1.165, 1.54) is 0 Å². The average Bonchev–Trinajstić information content (AvgIpc) is 2.54. The maximum absolute atomic E-state index is 11.3. The van der Waals surface area contributed by atoms with Crippen LogP contribution in [0.15, 0.2) is 24.8 Å². The number of allylic oxidation sites excluding steroid dienone is 3. The molecule has 0 spiro atoms. The van der Waals surface area contributed by atoms with Crippen LogP contribution in [0.2, 0.25) is 0 Å². The van der Waals surface area contributed by atoms with E-state index in [0.717, 1.165) is 12.8 Å². The largest absolute Gasteiger partial charge is 0.393 e. The van der Waals surface area contributed by atoms with Gasteiger partial charge >= 0.3 is 11.9 Å². The van der Waals surface area contributed by atoms with Crippen molar-refractivity contribution in [2.24, 2.45) is 17.8 Å². The van der Waals surface area contributed by atoms with Crippen molar-refractivity contribution < 1.29 is 14.3 Å². The van der Waals surface area contributed by atoms with E-state index in [9.17, 15) is 9.59 Å². The van der Waals surface area contributed by atoms with Crippen molar-refractivity contribution in [3.63, 3.8) is 0 Å². The first-order valence-corrected chi connectivity index (χ1v) is 6.09. The Morgan fingerprint density at radius 3 is 2.59 bits per heavy atom. The maximum atomic E-state index is 11.3. The Bertz CT molecular complexity index is 330. The lowest BCUT2D eigenvalue weighted by molar-refractivity contribution is -0.153. The molecule has 0 aromatic rings. The van der Waals surface area contributed by atoms with Gasteiger partial charge in [0, 0.05) is 0 Å². The van der Waals surface area contributed by atoms with Gasteiger partial charge < -0.3 is 4.74 Å². The highest BCUT2D eigenvalue weighted by molar-refractivity contribution is 5.96. The molecular formula is C14H20O3. The third kappa shape index (κ3) is 3.84. The highest BCUT2D eigenvalue weighted by atomic mass is 16.6. The number of hydrogen-bond donors (Lipinski definition) is 0. The molecule has 1 saturated heterocycles. The summed E-state index contributed by atoms with van der Waals surface area (Å²) in [6.07, 6.45) is 8.58.